The maximum Gasteiger partial charge on any atom is 0.268 e. The quantitative estimate of drug-likeness (QED) is 0.715. The molecule has 1 aromatic heterocycles. The highest BCUT2D eigenvalue weighted by atomic mass is 35.5. The van der Waals surface area contributed by atoms with Gasteiger partial charge in [0.2, 0.25) is 0 Å². The molecule has 1 unspecified atom stereocenters. The highest BCUT2D eigenvalue weighted by Crippen LogP contribution is 2.10. The Morgan fingerprint density at radius 1 is 1.50 bits per heavy atom. The topological polar surface area (TPSA) is 38.1 Å². The normalized spacial score (nSPS) is 12.4. The third kappa shape index (κ3) is 4.33. The van der Waals surface area contributed by atoms with Crippen LogP contribution in [-0.2, 0) is 6.54 Å². The zero-order valence-corrected chi connectivity index (χ0v) is 12.2. The Morgan fingerprint density at radius 3 is 2.78 bits per heavy atom. The van der Waals surface area contributed by atoms with Crippen molar-refractivity contribution in [3.05, 3.63) is 22.6 Å². The largest absolute Gasteiger partial charge is 0.373 e. The number of anilines is 1. The molecule has 0 amide bonds. The Hall–Kier alpha value is -1.03. The Labute approximate surface area is 114 Å². The van der Waals surface area contributed by atoms with Gasteiger partial charge in [0.1, 0.15) is 0 Å². The lowest BCUT2D eigenvalue weighted by molar-refractivity contribution is 0.439. The fourth-order valence-electron chi connectivity index (χ4n) is 1.66. The van der Waals surface area contributed by atoms with E-state index in [0.29, 0.717) is 18.3 Å². The first-order chi connectivity index (χ1) is 8.58. The molecule has 18 heavy (non-hydrogen) atoms. The summed E-state index contributed by atoms with van der Waals surface area (Å²) in [6.45, 7) is 5.71. The monoisotopic (exact) mass is 271 g/mol. The van der Waals surface area contributed by atoms with Gasteiger partial charge >= 0.3 is 0 Å². The van der Waals surface area contributed by atoms with Crippen LogP contribution in [0.3, 0.4) is 0 Å². The molecule has 0 aromatic carbocycles. The molecule has 1 rings (SSSR count). The van der Waals surface area contributed by atoms with Gasteiger partial charge < -0.3 is 4.90 Å². The second kappa shape index (κ2) is 7.41. The van der Waals surface area contributed by atoms with E-state index < -0.39 is 0 Å². The zero-order valence-electron chi connectivity index (χ0n) is 11.4. The number of aromatic nitrogens is 2. The Bertz CT molecular complexity index is 419. The predicted molar refractivity (Wildman–Crippen MR) is 76.6 cm³/mol. The lowest BCUT2D eigenvalue weighted by Gasteiger charge is -2.16. The van der Waals surface area contributed by atoms with E-state index in [4.69, 9.17) is 11.6 Å². The summed E-state index contributed by atoms with van der Waals surface area (Å²) in [6.07, 6.45) is 3.66. The van der Waals surface area contributed by atoms with Gasteiger partial charge in [-0.3, -0.25) is 4.79 Å². The van der Waals surface area contributed by atoms with Gasteiger partial charge in [-0.15, -0.1) is 11.6 Å². The van der Waals surface area contributed by atoms with Crippen LogP contribution in [0.1, 0.15) is 26.7 Å². The van der Waals surface area contributed by atoms with E-state index in [2.05, 4.69) is 12.0 Å². The fourth-order valence-corrected chi connectivity index (χ4v) is 2.03. The van der Waals surface area contributed by atoms with Crippen LogP contribution in [0.4, 0.5) is 5.69 Å². The summed E-state index contributed by atoms with van der Waals surface area (Å²) in [4.78, 5) is 13.9. The Morgan fingerprint density at radius 2 is 2.22 bits per heavy atom. The van der Waals surface area contributed by atoms with Crippen molar-refractivity contribution in [2.24, 2.45) is 5.92 Å². The van der Waals surface area contributed by atoms with Gasteiger partial charge in [0.05, 0.1) is 11.9 Å². The van der Waals surface area contributed by atoms with E-state index in [1.54, 1.807) is 12.3 Å². The lowest BCUT2D eigenvalue weighted by atomic mass is 10.1. The van der Waals surface area contributed by atoms with E-state index in [1.165, 1.54) is 4.68 Å². The SMILES string of the molecule is CCN(C)c1cnn(CCC(C)CCCl)c(=O)c1. The Balaban J connectivity index is 2.66. The van der Waals surface area contributed by atoms with Gasteiger partial charge in [0.15, 0.2) is 0 Å². The number of halogens is 1. The maximum absolute atomic E-state index is 11.9. The smallest absolute Gasteiger partial charge is 0.268 e. The molecule has 1 atom stereocenters. The molecule has 0 spiro atoms. The molecule has 0 aliphatic heterocycles. The first-order valence-corrected chi connectivity index (χ1v) is 6.96. The summed E-state index contributed by atoms with van der Waals surface area (Å²) in [5.74, 6) is 1.19. The molecular weight excluding hydrogens is 250 g/mol. The van der Waals surface area contributed by atoms with E-state index in [-0.39, 0.29) is 5.56 Å². The van der Waals surface area contributed by atoms with Crippen molar-refractivity contribution >= 4 is 17.3 Å². The van der Waals surface area contributed by atoms with E-state index in [1.807, 2.05) is 18.9 Å². The van der Waals surface area contributed by atoms with Crippen molar-refractivity contribution in [2.45, 2.75) is 33.2 Å². The van der Waals surface area contributed by atoms with Gasteiger partial charge in [0, 0.05) is 32.1 Å². The van der Waals surface area contributed by atoms with Crippen molar-refractivity contribution in [1.82, 2.24) is 9.78 Å². The minimum Gasteiger partial charge on any atom is -0.373 e. The van der Waals surface area contributed by atoms with Crippen molar-refractivity contribution in [2.75, 3.05) is 24.4 Å². The predicted octanol–water partition coefficient (Wildman–Crippen LogP) is 2.35. The standard InChI is InChI=1S/C13H22ClN3O/c1-4-16(3)12-9-13(18)17(15-10-12)8-6-11(2)5-7-14/h9-11H,4-8H2,1-3H3. The molecule has 0 aliphatic carbocycles. The first kappa shape index (κ1) is 15.0. The second-order valence-electron chi connectivity index (χ2n) is 4.66. The molecule has 0 radical (unpaired) electrons. The van der Waals surface area contributed by atoms with Gasteiger partial charge in [-0.05, 0) is 25.7 Å². The van der Waals surface area contributed by atoms with Crippen LogP contribution in [0.5, 0.6) is 0 Å². The molecule has 0 saturated carbocycles. The number of aryl methyl sites for hydroxylation is 1. The summed E-state index contributed by atoms with van der Waals surface area (Å²) in [6, 6.07) is 1.64. The van der Waals surface area contributed by atoms with E-state index >= 15 is 0 Å². The summed E-state index contributed by atoms with van der Waals surface area (Å²) < 4.78 is 1.53. The van der Waals surface area contributed by atoms with Crippen LogP contribution in [0.15, 0.2) is 17.1 Å². The molecule has 0 aliphatic rings. The maximum atomic E-state index is 11.9. The van der Waals surface area contributed by atoms with Crippen LogP contribution in [0.25, 0.3) is 0 Å². The molecule has 0 bridgehead atoms. The third-order valence-electron chi connectivity index (χ3n) is 3.21. The fraction of sp³-hybridized carbons (Fsp3) is 0.692. The van der Waals surface area contributed by atoms with Crippen LogP contribution >= 0.6 is 11.6 Å². The molecule has 0 fully saturated rings. The number of alkyl halides is 1. The number of nitrogens with zero attached hydrogens (tertiary/aromatic N) is 3. The molecule has 5 heteroatoms. The third-order valence-corrected chi connectivity index (χ3v) is 3.42. The zero-order chi connectivity index (χ0) is 13.5. The van der Waals surface area contributed by atoms with Gasteiger partial charge in [-0.2, -0.15) is 5.10 Å². The minimum absolute atomic E-state index is 0.0362. The molecular formula is C13H22ClN3O. The molecule has 1 heterocycles. The second-order valence-corrected chi connectivity index (χ2v) is 5.04. The summed E-state index contributed by atoms with van der Waals surface area (Å²) in [5, 5.41) is 4.21. The number of hydrogen-bond donors (Lipinski definition) is 0. The highest BCUT2D eigenvalue weighted by Gasteiger charge is 2.06. The molecule has 4 nitrogen and oxygen atoms in total. The van der Waals surface area contributed by atoms with Crippen LogP contribution in [0.2, 0.25) is 0 Å². The van der Waals surface area contributed by atoms with Gasteiger partial charge in [-0.1, -0.05) is 6.92 Å². The van der Waals surface area contributed by atoms with Crippen LogP contribution < -0.4 is 10.5 Å². The van der Waals surface area contributed by atoms with E-state index in [0.717, 1.165) is 25.1 Å². The average molecular weight is 272 g/mol. The minimum atomic E-state index is -0.0362. The van der Waals surface area contributed by atoms with E-state index in [9.17, 15) is 4.79 Å². The number of rotatable bonds is 7. The summed E-state index contributed by atoms with van der Waals surface area (Å²) >= 11 is 5.69. The Kier molecular flexibility index (Phi) is 6.19. The van der Waals surface area contributed by atoms with Crippen LogP contribution in [-0.4, -0.2) is 29.3 Å². The summed E-state index contributed by atoms with van der Waals surface area (Å²) in [7, 11) is 1.95. The molecule has 1 aromatic rings. The first-order valence-electron chi connectivity index (χ1n) is 6.42. The highest BCUT2D eigenvalue weighted by molar-refractivity contribution is 6.17. The van der Waals surface area contributed by atoms with Gasteiger partial charge in [0.25, 0.3) is 5.56 Å². The number of hydrogen-bond acceptors (Lipinski definition) is 3. The van der Waals surface area contributed by atoms with Crippen molar-refractivity contribution < 1.29 is 0 Å². The van der Waals surface area contributed by atoms with Gasteiger partial charge in [-0.25, -0.2) is 4.68 Å². The molecule has 102 valence electrons. The summed E-state index contributed by atoms with van der Waals surface area (Å²) in [5.41, 5.74) is 0.832. The van der Waals surface area contributed by atoms with Crippen LogP contribution in [0, 0.1) is 5.92 Å². The average Bonchev–Trinajstić information content (AvgIpc) is 2.36. The van der Waals surface area contributed by atoms with Crippen molar-refractivity contribution in [1.29, 1.82) is 0 Å². The van der Waals surface area contributed by atoms with Crippen molar-refractivity contribution in [3.63, 3.8) is 0 Å². The molecule has 0 saturated heterocycles. The lowest BCUT2D eigenvalue weighted by Crippen LogP contribution is -2.26. The molecule has 0 N–H and O–H groups in total. The van der Waals surface area contributed by atoms with Crippen molar-refractivity contribution in [3.8, 4) is 0 Å².